The van der Waals surface area contributed by atoms with Crippen molar-refractivity contribution in [1.82, 2.24) is 0 Å². The number of para-hydroxylation sites is 3. The topological polar surface area (TPSA) is 270 Å². The van der Waals surface area contributed by atoms with Crippen molar-refractivity contribution in [3.05, 3.63) is 89.5 Å². The Morgan fingerprint density at radius 3 is 0.930 bits per heavy atom. The third-order valence-corrected chi connectivity index (χ3v) is 9.22. The molecule has 0 radical (unpaired) electrons. The van der Waals surface area contributed by atoms with E-state index in [2.05, 4.69) is 12.5 Å². The fourth-order valence-electron chi connectivity index (χ4n) is 2.87. The molecule has 18 nitrogen and oxygen atoms in total. The maximum absolute atomic E-state index is 12.9. The molecule has 0 saturated heterocycles. The van der Waals surface area contributed by atoms with Crippen LogP contribution < -0.4 is 12.5 Å². The van der Waals surface area contributed by atoms with Gasteiger partial charge in [0.15, 0.2) is 0 Å². The van der Waals surface area contributed by atoms with Gasteiger partial charge in [0.2, 0.25) is 0 Å². The van der Waals surface area contributed by atoms with Crippen molar-refractivity contribution in [1.29, 1.82) is 0 Å². The fourth-order valence-corrected chi connectivity index (χ4v) is 7.15. The zero-order valence-corrected chi connectivity index (χ0v) is 26.5. The van der Waals surface area contributed by atoms with Crippen LogP contribution >= 0.6 is 0 Å². The normalized spacial score (nSPS) is 11.7. The summed E-state index contributed by atoms with van der Waals surface area (Å²) >= 11 is -5.32. The van der Waals surface area contributed by atoms with Crippen molar-refractivity contribution < 1.29 is 74.3 Å². The van der Waals surface area contributed by atoms with Crippen LogP contribution in [0.5, 0.6) is 17.2 Å². The van der Waals surface area contributed by atoms with Crippen LogP contribution in [0.15, 0.2) is 72.8 Å². The molecule has 0 aliphatic rings. The van der Waals surface area contributed by atoms with Crippen molar-refractivity contribution in [2.24, 2.45) is 0 Å². The second-order valence-corrected chi connectivity index (χ2v) is 14.3. The summed E-state index contributed by atoms with van der Waals surface area (Å²) in [4.78, 5) is 38.8. The Kier molecular flexibility index (Phi) is 10.6. The molecule has 22 heteroatoms. The molecule has 43 heavy (non-hydrogen) atoms. The van der Waals surface area contributed by atoms with Crippen molar-refractivity contribution in [2.45, 2.75) is 0 Å². The fraction of sp³-hybridized carbons (Fsp3) is 0. The van der Waals surface area contributed by atoms with E-state index in [1.807, 2.05) is 0 Å². The van der Waals surface area contributed by atoms with Gasteiger partial charge in [-0.1, -0.05) is 0 Å². The Hall–Kier alpha value is -3.92. The number of hydrogen-bond acceptors (Lipinski definition) is 15. The van der Waals surface area contributed by atoms with E-state index < -0.39 is 106 Å². The van der Waals surface area contributed by atoms with E-state index in [1.165, 1.54) is 36.4 Å². The van der Waals surface area contributed by atoms with E-state index in [4.69, 9.17) is 22.1 Å². The predicted octanol–water partition coefficient (Wildman–Crippen LogP) is 1.09. The number of benzene rings is 3. The van der Waals surface area contributed by atoms with Crippen molar-refractivity contribution in [2.75, 3.05) is 0 Å². The van der Waals surface area contributed by atoms with Gasteiger partial charge in [-0.05, 0) is 0 Å². The zero-order chi connectivity index (χ0) is 32.0. The van der Waals surface area contributed by atoms with Crippen LogP contribution in [-0.2, 0) is 39.6 Å². The molecule has 0 saturated carbocycles. The van der Waals surface area contributed by atoms with Gasteiger partial charge in [0.05, 0.1) is 0 Å². The molecule has 230 valence electrons. The van der Waals surface area contributed by atoms with E-state index in [-0.39, 0.29) is 0 Å². The number of carbonyl (C=O) groups excluding carboxylic acids is 3. The molecule has 0 aliphatic heterocycles. The Balaban J connectivity index is 1.98. The van der Waals surface area contributed by atoms with Gasteiger partial charge < -0.3 is 0 Å². The molecule has 0 aromatic heterocycles. The molecule has 0 aliphatic carbocycles. The molecule has 3 aromatic carbocycles. The molecule has 0 bridgehead atoms. The Morgan fingerprint density at radius 2 is 0.698 bits per heavy atom. The maximum atomic E-state index is 12.9. The average molecular weight is 861 g/mol. The van der Waals surface area contributed by atoms with Crippen LogP contribution in [-0.4, -0.2) is 79.9 Å². The monoisotopic (exact) mass is 860 g/mol. The number of rotatable bonds is 12. The summed E-state index contributed by atoms with van der Waals surface area (Å²) in [7, 11) is -15.4. The first-order valence-corrected chi connectivity index (χ1v) is 19.0. The second kappa shape index (κ2) is 13.6. The third kappa shape index (κ3) is 10.7. The van der Waals surface area contributed by atoms with Gasteiger partial charge in [-0.2, -0.15) is 0 Å². The molecule has 0 unspecified atom stereocenters. The molecule has 0 spiro atoms. The first-order valence-electron chi connectivity index (χ1n) is 10.7. The molecule has 0 atom stereocenters. The number of carbonyl (C=O) groups is 3. The van der Waals surface area contributed by atoms with Gasteiger partial charge in [-0.25, -0.2) is 0 Å². The van der Waals surface area contributed by atoms with Gasteiger partial charge in [-0.15, -0.1) is 0 Å². The molecule has 0 amide bonds. The van der Waals surface area contributed by atoms with Crippen LogP contribution in [0.25, 0.3) is 0 Å². The molecule has 3 N–H and O–H groups in total. The van der Waals surface area contributed by atoms with E-state index in [9.17, 15) is 39.6 Å². The van der Waals surface area contributed by atoms with Gasteiger partial charge in [0.1, 0.15) is 0 Å². The van der Waals surface area contributed by atoms with Gasteiger partial charge >= 0.3 is 253 Å². The molecular weight excluding hydrogens is 845 g/mol. The first kappa shape index (κ1) is 33.6. The summed E-state index contributed by atoms with van der Waals surface area (Å²) in [5, 5.41) is 0. The quantitative estimate of drug-likeness (QED) is 0.170. The van der Waals surface area contributed by atoms with Crippen molar-refractivity contribution >= 4 is 72.2 Å². The Labute approximate surface area is 252 Å². The molecule has 0 fully saturated rings. The summed E-state index contributed by atoms with van der Waals surface area (Å²) in [6.45, 7) is 0. The Bertz CT molecular complexity index is 1650. The first-order chi connectivity index (χ1) is 19.9. The molecule has 0 heterocycles. The van der Waals surface area contributed by atoms with Crippen LogP contribution in [0.1, 0.15) is 31.1 Å². The predicted molar refractivity (Wildman–Crippen MR) is 138 cm³/mol. The van der Waals surface area contributed by atoms with Gasteiger partial charge in [0, 0.05) is 0 Å². The minimum atomic E-state index is -5.32. The van der Waals surface area contributed by atoms with Crippen LogP contribution in [0.3, 0.4) is 0 Å². The average Bonchev–Trinajstić information content (AvgIpc) is 2.86. The standard InChI is InChI=1S/3C7H6O6S.Bi/c3*8-7(9)5-3-1-2-4-6(5)13-14(10,11)12;/h3*1-4H,(H,8,9)(H,10,11,12);/q;;;+3/p-3. The number of hydrogen-bond donors (Lipinski definition) is 3. The van der Waals surface area contributed by atoms with Crippen LogP contribution in [0.4, 0.5) is 0 Å². The summed E-state index contributed by atoms with van der Waals surface area (Å²) < 4.78 is 122. The van der Waals surface area contributed by atoms with E-state index in [0.717, 1.165) is 36.4 Å². The van der Waals surface area contributed by atoms with Gasteiger partial charge in [0.25, 0.3) is 0 Å². The zero-order valence-electron chi connectivity index (χ0n) is 20.6. The van der Waals surface area contributed by atoms with Gasteiger partial charge in [-0.3, -0.25) is 0 Å². The Morgan fingerprint density at radius 1 is 0.465 bits per heavy atom. The molecule has 3 aromatic rings. The summed E-state index contributed by atoms with van der Waals surface area (Å²) in [5.41, 5.74) is -2.01. The third-order valence-electron chi connectivity index (χ3n) is 4.38. The van der Waals surface area contributed by atoms with Crippen molar-refractivity contribution in [3.63, 3.8) is 0 Å². The van der Waals surface area contributed by atoms with Crippen molar-refractivity contribution in [3.8, 4) is 17.2 Å². The van der Waals surface area contributed by atoms with Crippen LogP contribution in [0.2, 0.25) is 0 Å². The summed E-state index contributed by atoms with van der Waals surface area (Å²) in [6.07, 6.45) is 0. The van der Waals surface area contributed by atoms with Crippen LogP contribution in [0, 0.1) is 0 Å². The van der Waals surface area contributed by atoms with E-state index >= 15 is 0 Å². The molecular formula is C21H15BiO18S3. The summed E-state index contributed by atoms with van der Waals surface area (Å²) in [5.74, 6) is -6.76. The second-order valence-electron chi connectivity index (χ2n) is 7.38. The molecule has 3 rings (SSSR count). The minimum absolute atomic E-state index is 0.669. The van der Waals surface area contributed by atoms with E-state index in [1.54, 1.807) is 0 Å². The summed E-state index contributed by atoms with van der Waals surface area (Å²) in [6, 6.07) is 12.9. The SMILES string of the molecule is O=C([O][Bi]([O]C(=O)c1ccccc1OS(=O)(=O)O)[O]C(=O)c1ccccc1OS(=O)(=O)O)c1ccccc1OS(=O)(=O)O. The van der Waals surface area contributed by atoms with E-state index in [0.29, 0.717) is 0 Å².